The summed E-state index contributed by atoms with van der Waals surface area (Å²) in [4.78, 5) is 29.6. The zero-order valence-electron chi connectivity index (χ0n) is 13.3. The lowest BCUT2D eigenvalue weighted by molar-refractivity contribution is -0.141. The second-order valence-corrected chi connectivity index (χ2v) is 6.35. The molecule has 1 aliphatic heterocycles. The van der Waals surface area contributed by atoms with Gasteiger partial charge in [0.2, 0.25) is 0 Å². The fraction of sp³-hybridized carbons (Fsp3) is 0.500. The van der Waals surface area contributed by atoms with Crippen LogP contribution in [0.5, 0.6) is 0 Å². The summed E-state index contributed by atoms with van der Waals surface area (Å²) in [7, 11) is 0. The quantitative estimate of drug-likeness (QED) is 0.929. The standard InChI is InChI=1S/C16H20N4O3/c1-10(2)9-20-14-11(8-18-20)6-12(7-17-14)15(21)19-5-3-4-13(19)16(22)23/h6-8,10,13H,3-5,9H2,1-2H3,(H,22,23)/t13-/m1/s1. The van der Waals surface area contributed by atoms with Crippen molar-refractivity contribution in [1.29, 1.82) is 0 Å². The first-order chi connectivity index (χ1) is 11.0. The van der Waals surface area contributed by atoms with Crippen LogP contribution in [0.25, 0.3) is 11.0 Å². The molecule has 1 N–H and O–H groups in total. The minimum absolute atomic E-state index is 0.277. The molecule has 0 spiro atoms. The SMILES string of the molecule is CC(C)Cn1ncc2cc(C(=O)N3CCC[C@@H]3C(=O)O)cnc21. The number of hydrogen-bond donors (Lipinski definition) is 1. The molecule has 0 aromatic carbocycles. The van der Waals surface area contributed by atoms with Crippen molar-refractivity contribution in [2.45, 2.75) is 39.3 Å². The number of amides is 1. The Kier molecular flexibility index (Phi) is 4.02. The van der Waals surface area contributed by atoms with E-state index >= 15 is 0 Å². The van der Waals surface area contributed by atoms with Crippen molar-refractivity contribution in [3.05, 3.63) is 24.0 Å². The van der Waals surface area contributed by atoms with E-state index in [4.69, 9.17) is 0 Å². The number of carbonyl (C=O) groups excluding carboxylic acids is 1. The summed E-state index contributed by atoms with van der Waals surface area (Å²) in [6, 6.07) is 1.01. The topological polar surface area (TPSA) is 88.3 Å². The Morgan fingerprint density at radius 2 is 2.17 bits per heavy atom. The van der Waals surface area contributed by atoms with E-state index in [0.717, 1.165) is 17.6 Å². The van der Waals surface area contributed by atoms with E-state index in [1.807, 2.05) is 4.68 Å². The third-order valence-electron chi connectivity index (χ3n) is 4.06. The van der Waals surface area contributed by atoms with Gasteiger partial charge < -0.3 is 10.0 Å². The number of nitrogens with zero attached hydrogens (tertiary/aromatic N) is 4. The molecule has 1 atom stereocenters. The number of aliphatic carboxylic acids is 1. The monoisotopic (exact) mass is 316 g/mol. The summed E-state index contributed by atoms with van der Waals surface area (Å²) in [6.07, 6.45) is 4.42. The molecule has 2 aromatic rings. The third-order valence-corrected chi connectivity index (χ3v) is 4.06. The molecule has 1 saturated heterocycles. The fourth-order valence-electron chi connectivity index (χ4n) is 3.00. The lowest BCUT2D eigenvalue weighted by Gasteiger charge is -2.21. The van der Waals surface area contributed by atoms with Gasteiger partial charge in [-0.05, 0) is 24.8 Å². The number of aromatic nitrogens is 3. The van der Waals surface area contributed by atoms with E-state index in [9.17, 15) is 14.7 Å². The van der Waals surface area contributed by atoms with E-state index < -0.39 is 12.0 Å². The maximum atomic E-state index is 12.6. The zero-order chi connectivity index (χ0) is 16.6. The number of likely N-dealkylation sites (tertiary alicyclic amines) is 1. The molecule has 0 bridgehead atoms. The molecule has 122 valence electrons. The van der Waals surface area contributed by atoms with Gasteiger partial charge in [0.05, 0.1) is 11.8 Å². The van der Waals surface area contributed by atoms with Crippen molar-refractivity contribution in [3.63, 3.8) is 0 Å². The number of carbonyl (C=O) groups is 2. The first-order valence-corrected chi connectivity index (χ1v) is 7.82. The molecule has 3 rings (SSSR count). The number of carboxylic acids is 1. The minimum Gasteiger partial charge on any atom is -0.480 e. The van der Waals surface area contributed by atoms with Crippen LogP contribution in [0.15, 0.2) is 18.5 Å². The summed E-state index contributed by atoms with van der Waals surface area (Å²) in [5.74, 6) is -0.780. The van der Waals surface area contributed by atoms with Gasteiger partial charge in [-0.1, -0.05) is 13.8 Å². The van der Waals surface area contributed by atoms with Gasteiger partial charge in [0, 0.05) is 24.7 Å². The van der Waals surface area contributed by atoms with E-state index in [-0.39, 0.29) is 5.91 Å². The maximum Gasteiger partial charge on any atom is 0.326 e. The molecule has 23 heavy (non-hydrogen) atoms. The second-order valence-electron chi connectivity index (χ2n) is 6.35. The highest BCUT2D eigenvalue weighted by molar-refractivity contribution is 5.99. The normalized spacial score (nSPS) is 18.0. The van der Waals surface area contributed by atoms with Crippen LogP contribution in [-0.4, -0.2) is 49.2 Å². The van der Waals surface area contributed by atoms with Crippen LogP contribution in [0, 0.1) is 5.92 Å². The molecule has 3 heterocycles. The van der Waals surface area contributed by atoms with Crippen LogP contribution < -0.4 is 0 Å². The van der Waals surface area contributed by atoms with Gasteiger partial charge in [-0.25, -0.2) is 14.5 Å². The molecule has 0 saturated carbocycles. The van der Waals surface area contributed by atoms with Gasteiger partial charge in [0.25, 0.3) is 5.91 Å². The Bertz CT molecular complexity index is 753. The van der Waals surface area contributed by atoms with Crippen molar-refractivity contribution in [2.24, 2.45) is 5.92 Å². The smallest absolute Gasteiger partial charge is 0.326 e. The summed E-state index contributed by atoms with van der Waals surface area (Å²) >= 11 is 0. The Morgan fingerprint density at radius 3 is 2.87 bits per heavy atom. The van der Waals surface area contributed by atoms with E-state index in [0.29, 0.717) is 30.9 Å². The van der Waals surface area contributed by atoms with Crippen LogP contribution >= 0.6 is 0 Å². The van der Waals surface area contributed by atoms with E-state index in [1.54, 1.807) is 12.3 Å². The molecule has 7 nitrogen and oxygen atoms in total. The van der Waals surface area contributed by atoms with Crippen molar-refractivity contribution in [2.75, 3.05) is 6.54 Å². The Labute approximate surface area is 133 Å². The number of hydrogen-bond acceptors (Lipinski definition) is 4. The minimum atomic E-state index is -0.949. The first kappa shape index (κ1) is 15.5. The van der Waals surface area contributed by atoms with E-state index in [1.165, 1.54) is 11.1 Å². The number of rotatable bonds is 4. The highest BCUT2D eigenvalue weighted by Crippen LogP contribution is 2.22. The van der Waals surface area contributed by atoms with Crippen molar-refractivity contribution >= 4 is 22.9 Å². The molecule has 2 aromatic heterocycles. The predicted octanol–water partition coefficient (Wildman–Crippen LogP) is 1.78. The number of fused-ring (bicyclic) bond motifs is 1. The largest absolute Gasteiger partial charge is 0.480 e. The van der Waals surface area contributed by atoms with Crippen LogP contribution in [0.2, 0.25) is 0 Å². The van der Waals surface area contributed by atoms with Crippen LogP contribution in [0.4, 0.5) is 0 Å². The number of pyridine rings is 1. The van der Waals surface area contributed by atoms with Gasteiger partial charge in [0.1, 0.15) is 6.04 Å². The van der Waals surface area contributed by atoms with Gasteiger partial charge in [0.15, 0.2) is 5.65 Å². The van der Waals surface area contributed by atoms with Crippen molar-refractivity contribution in [1.82, 2.24) is 19.7 Å². The Balaban J connectivity index is 1.88. The van der Waals surface area contributed by atoms with E-state index in [2.05, 4.69) is 23.9 Å². The van der Waals surface area contributed by atoms with Gasteiger partial charge >= 0.3 is 5.97 Å². The predicted molar refractivity (Wildman–Crippen MR) is 84.1 cm³/mol. The molecule has 1 amide bonds. The summed E-state index contributed by atoms with van der Waals surface area (Å²) in [5, 5.41) is 14.3. The molecule has 7 heteroatoms. The summed E-state index contributed by atoms with van der Waals surface area (Å²) in [6.45, 7) is 5.44. The zero-order valence-corrected chi connectivity index (χ0v) is 13.3. The van der Waals surface area contributed by atoms with Gasteiger partial charge in [-0.3, -0.25) is 4.79 Å². The first-order valence-electron chi connectivity index (χ1n) is 7.82. The van der Waals surface area contributed by atoms with Crippen LogP contribution in [-0.2, 0) is 11.3 Å². The van der Waals surface area contributed by atoms with Crippen LogP contribution in [0.3, 0.4) is 0 Å². The summed E-state index contributed by atoms with van der Waals surface area (Å²) in [5.41, 5.74) is 1.15. The third kappa shape index (κ3) is 2.91. The highest BCUT2D eigenvalue weighted by atomic mass is 16.4. The van der Waals surface area contributed by atoms with Gasteiger partial charge in [-0.15, -0.1) is 0 Å². The maximum absolute atomic E-state index is 12.6. The average molecular weight is 316 g/mol. The molecule has 1 aliphatic rings. The molecule has 1 fully saturated rings. The lowest BCUT2D eigenvalue weighted by Crippen LogP contribution is -2.40. The molecule has 0 radical (unpaired) electrons. The lowest BCUT2D eigenvalue weighted by atomic mass is 10.2. The van der Waals surface area contributed by atoms with Crippen LogP contribution in [0.1, 0.15) is 37.0 Å². The number of carboxylic acid groups (broad SMARTS) is 1. The molecule has 0 unspecified atom stereocenters. The van der Waals surface area contributed by atoms with Crippen molar-refractivity contribution in [3.8, 4) is 0 Å². The fourth-order valence-corrected chi connectivity index (χ4v) is 3.00. The highest BCUT2D eigenvalue weighted by Gasteiger charge is 2.34. The summed E-state index contributed by atoms with van der Waals surface area (Å²) < 4.78 is 1.82. The second kappa shape index (κ2) is 5.98. The molecule has 0 aliphatic carbocycles. The average Bonchev–Trinajstić information content (AvgIpc) is 3.13. The molecular formula is C16H20N4O3. The molecular weight excluding hydrogens is 296 g/mol. The Hall–Kier alpha value is -2.44. The van der Waals surface area contributed by atoms with Gasteiger partial charge in [-0.2, -0.15) is 5.10 Å². The van der Waals surface area contributed by atoms with Crippen molar-refractivity contribution < 1.29 is 14.7 Å². The Morgan fingerprint density at radius 1 is 1.39 bits per heavy atom.